The molecule has 1 atom stereocenters. The van der Waals surface area contributed by atoms with Crippen LogP contribution < -0.4 is 4.74 Å². The second-order valence-corrected chi connectivity index (χ2v) is 7.30. The third kappa shape index (κ3) is 3.16. The molecule has 1 nitrogen and oxygen atoms in total. The maximum Gasteiger partial charge on any atom is 0.122 e. The van der Waals surface area contributed by atoms with E-state index >= 15 is 0 Å². The monoisotopic (exact) mass is 388 g/mol. The highest BCUT2D eigenvalue weighted by atomic mass is 79.9. The van der Waals surface area contributed by atoms with Crippen molar-refractivity contribution in [3.8, 4) is 5.75 Å². The largest absolute Gasteiger partial charge is 0.496 e. The molecule has 0 saturated heterocycles. The number of para-hydroxylation sites is 1. The molecule has 0 N–H and O–H groups in total. The molecule has 1 unspecified atom stereocenters. The summed E-state index contributed by atoms with van der Waals surface area (Å²) in [6.07, 6.45) is 0.919. The van der Waals surface area contributed by atoms with Gasteiger partial charge in [-0.15, -0.1) is 11.3 Å². The van der Waals surface area contributed by atoms with Gasteiger partial charge in [-0.25, -0.2) is 0 Å². The number of ether oxygens (including phenoxy) is 1. The average Bonchev–Trinajstić information content (AvgIpc) is 2.69. The minimum Gasteiger partial charge on any atom is -0.496 e. The summed E-state index contributed by atoms with van der Waals surface area (Å²) >= 11 is 9.21. The van der Waals surface area contributed by atoms with E-state index in [0.29, 0.717) is 4.83 Å². The Morgan fingerprint density at radius 3 is 2.67 bits per heavy atom. The summed E-state index contributed by atoms with van der Waals surface area (Å²) in [5.74, 6) is 0.950. The number of alkyl halides is 1. The van der Waals surface area contributed by atoms with Crippen molar-refractivity contribution in [1.29, 1.82) is 0 Å². The van der Waals surface area contributed by atoms with Gasteiger partial charge in [0.1, 0.15) is 5.75 Å². The van der Waals surface area contributed by atoms with Crippen molar-refractivity contribution in [2.24, 2.45) is 0 Å². The van der Waals surface area contributed by atoms with Crippen molar-refractivity contribution >= 4 is 43.2 Å². The van der Waals surface area contributed by atoms with Crippen LogP contribution in [0.5, 0.6) is 5.75 Å². The number of methoxy groups -OCH3 is 1. The molecule has 0 saturated carbocycles. The number of hydrogen-bond donors (Lipinski definition) is 0. The highest BCUT2D eigenvalue weighted by Crippen LogP contribution is 2.39. The van der Waals surface area contributed by atoms with Gasteiger partial charge in [0.15, 0.2) is 0 Å². The molecule has 2 aromatic rings. The molecular formula is C14H14Br2OS. The van der Waals surface area contributed by atoms with Crippen molar-refractivity contribution in [2.75, 3.05) is 7.11 Å². The third-order valence-electron chi connectivity index (χ3n) is 2.71. The van der Waals surface area contributed by atoms with Crippen molar-refractivity contribution in [3.63, 3.8) is 0 Å². The van der Waals surface area contributed by atoms with Crippen LogP contribution in [0.2, 0.25) is 0 Å². The van der Waals surface area contributed by atoms with Gasteiger partial charge < -0.3 is 4.74 Å². The molecule has 2 rings (SSSR count). The minimum atomic E-state index is 0.307. The lowest BCUT2D eigenvalue weighted by Gasteiger charge is -2.12. The van der Waals surface area contributed by atoms with E-state index in [1.165, 1.54) is 19.8 Å². The summed E-state index contributed by atoms with van der Waals surface area (Å²) in [4.78, 5) is 2.96. The highest BCUT2D eigenvalue weighted by Gasteiger charge is 2.16. The van der Waals surface area contributed by atoms with Gasteiger partial charge in [-0.3, -0.25) is 0 Å². The Bertz CT molecular complexity index is 536. The second kappa shape index (κ2) is 6.22. The fraction of sp³-hybridized carbons (Fsp3) is 0.286. The Labute approximate surface area is 128 Å². The molecular weight excluding hydrogens is 376 g/mol. The SMILES string of the molecule is COc1ccccc1CC(Br)c1sc(C)cc1Br. The molecule has 1 heterocycles. The molecule has 0 bridgehead atoms. The number of rotatable bonds is 4. The van der Waals surface area contributed by atoms with Gasteiger partial charge in [-0.05, 0) is 47.0 Å². The zero-order valence-corrected chi connectivity index (χ0v) is 14.2. The first-order chi connectivity index (χ1) is 8.61. The highest BCUT2D eigenvalue weighted by molar-refractivity contribution is 9.11. The first-order valence-electron chi connectivity index (χ1n) is 5.63. The maximum absolute atomic E-state index is 5.39. The summed E-state index contributed by atoms with van der Waals surface area (Å²) in [7, 11) is 1.72. The van der Waals surface area contributed by atoms with E-state index in [1.54, 1.807) is 7.11 Å². The van der Waals surface area contributed by atoms with E-state index in [0.717, 1.165) is 12.2 Å². The van der Waals surface area contributed by atoms with Crippen LogP contribution in [0.4, 0.5) is 0 Å². The Morgan fingerprint density at radius 2 is 2.06 bits per heavy atom. The van der Waals surface area contributed by atoms with Crippen LogP contribution in [-0.2, 0) is 6.42 Å². The predicted molar refractivity (Wildman–Crippen MR) is 85.1 cm³/mol. The maximum atomic E-state index is 5.39. The molecule has 18 heavy (non-hydrogen) atoms. The lowest BCUT2D eigenvalue weighted by molar-refractivity contribution is 0.409. The van der Waals surface area contributed by atoms with Gasteiger partial charge in [0.2, 0.25) is 0 Å². The molecule has 0 aliphatic heterocycles. The first kappa shape index (κ1) is 14.1. The lowest BCUT2D eigenvalue weighted by Crippen LogP contribution is -1.97. The van der Waals surface area contributed by atoms with Gasteiger partial charge in [0.05, 0.1) is 11.9 Å². The van der Waals surface area contributed by atoms with Gasteiger partial charge in [-0.1, -0.05) is 34.1 Å². The predicted octanol–water partition coefficient (Wildman–Crippen LogP) is 5.51. The molecule has 0 aliphatic carbocycles. The van der Waals surface area contributed by atoms with Gasteiger partial charge >= 0.3 is 0 Å². The fourth-order valence-electron chi connectivity index (χ4n) is 1.87. The van der Waals surface area contributed by atoms with Gasteiger partial charge in [0, 0.05) is 14.2 Å². The second-order valence-electron chi connectivity index (χ2n) is 4.05. The summed E-state index contributed by atoms with van der Waals surface area (Å²) < 4.78 is 6.57. The Morgan fingerprint density at radius 1 is 1.33 bits per heavy atom. The van der Waals surface area contributed by atoms with E-state index in [1.807, 2.05) is 29.5 Å². The first-order valence-corrected chi connectivity index (χ1v) is 8.16. The van der Waals surface area contributed by atoms with Crippen molar-refractivity contribution in [3.05, 3.63) is 50.1 Å². The summed E-state index contributed by atoms with van der Waals surface area (Å²) in [5, 5.41) is 0. The van der Waals surface area contributed by atoms with Gasteiger partial charge in [0.25, 0.3) is 0 Å². The van der Waals surface area contributed by atoms with Crippen LogP contribution in [0.25, 0.3) is 0 Å². The Balaban J connectivity index is 2.21. The van der Waals surface area contributed by atoms with Crippen LogP contribution >= 0.6 is 43.2 Å². The number of hydrogen-bond acceptors (Lipinski definition) is 2. The van der Waals surface area contributed by atoms with Crippen LogP contribution in [-0.4, -0.2) is 7.11 Å². The summed E-state index contributed by atoms with van der Waals surface area (Å²) in [6.45, 7) is 2.13. The van der Waals surface area contributed by atoms with Crippen molar-refractivity contribution in [2.45, 2.75) is 18.2 Å². The fourth-order valence-corrected chi connectivity index (χ4v) is 4.96. The van der Waals surface area contributed by atoms with E-state index in [-0.39, 0.29) is 0 Å². The Hall–Kier alpha value is -0.320. The van der Waals surface area contributed by atoms with Crippen molar-refractivity contribution in [1.82, 2.24) is 0 Å². The molecule has 1 aromatic heterocycles. The molecule has 96 valence electrons. The van der Waals surface area contributed by atoms with E-state index < -0.39 is 0 Å². The quantitative estimate of drug-likeness (QED) is 0.626. The van der Waals surface area contributed by atoms with Crippen LogP contribution in [0.1, 0.15) is 20.1 Å². The number of aryl methyl sites for hydroxylation is 1. The number of halogens is 2. The standard InChI is InChI=1S/C14H14Br2OS/c1-9-7-11(15)14(18-9)12(16)8-10-5-3-4-6-13(10)17-2/h3-7,12H,8H2,1-2H3. The summed E-state index contributed by atoms with van der Waals surface area (Å²) in [6, 6.07) is 10.3. The molecule has 0 spiro atoms. The zero-order valence-electron chi connectivity index (χ0n) is 10.2. The smallest absolute Gasteiger partial charge is 0.122 e. The average molecular weight is 390 g/mol. The molecule has 0 aliphatic rings. The summed E-state index contributed by atoms with van der Waals surface area (Å²) in [5.41, 5.74) is 1.22. The number of benzene rings is 1. The van der Waals surface area contributed by atoms with Crippen LogP contribution in [0.15, 0.2) is 34.8 Å². The zero-order chi connectivity index (χ0) is 13.1. The van der Waals surface area contributed by atoms with E-state index in [4.69, 9.17) is 4.74 Å². The van der Waals surface area contributed by atoms with E-state index in [2.05, 4.69) is 50.9 Å². The van der Waals surface area contributed by atoms with Crippen molar-refractivity contribution < 1.29 is 4.74 Å². The minimum absolute atomic E-state index is 0.307. The molecule has 4 heteroatoms. The molecule has 1 aromatic carbocycles. The normalized spacial score (nSPS) is 12.4. The van der Waals surface area contributed by atoms with Crippen LogP contribution in [0.3, 0.4) is 0 Å². The van der Waals surface area contributed by atoms with E-state index in [9.17, 15) is 0 Å². The topological polar surface area (TPSA) is 9.23 Å². The molecule has 0 radical (unpaired) electrons. The molecule has 0 fully saturated rings. The third-order valence-corrected chi connectivity index (χ3v) is 5.88. The number of thiophene rings is 1. The Kier molecular flexibility index (Phi) is 4.87. The van der Waals surface area contributed by atoms with Crippen LogP contribution in [0, 0.1) is 6.92 Å². The lowest BCUT2D eigenvalue weighted by atomic mass is 10.1. The molecule has 0 amide bonds. The van der Waals surface area contributed by atoms with Gasteiger partial charge in [-0.2, -0.15) is 0 Å².